The Kier molecular flexibility index (Phi) is 6.87. The summed E-state index contributed by atoms with van der Waals surface area (Å²) in [5.41, 5.74) is 0.0462. The van der Waals surface area contributed by atoms with Crippen LogP contribution >= 0.6 is 0 Å². The molecular formula is C18H18O10S2. The van der Waals surface area contributed by atoms with E-state index in [1.807, 2.05) is 0 Å². The lowest BCUT2D eigenvalue weighted by atomic mass is 10.1. The Bertz CT molecular complexity index is 1210. The molecule has 0 unspecified atom stereocenters. The van der Waals surface area contributed by atoms with Crippen molar-refractivity contribution in [2.75, 3.05) is 21.3 Å². The van der Waals surface area contributed by atoms with E-state index >= 15 is 0 Å². The molecule has 0 spiro atoms. The molecule has 0 radical (unpaired) electrons. The van der Waals surface area contributed by atoms with E-state index < -0.39 is 35.8 Å². The van der Waals surface area contributed by atoms with Gasteiger partial charge in [-0.25, -0.2) is 0 Å². The Balaban J connectivity index is 2.51. The quantitative estimate of drug-likeness (QED) is 0.341. The second-order valence-corrected chi connectivity index (χ2v) is 8.54. The number of ketones is 1. The summed E-state index contributed by atoms with van der Waals surface area (Å²) in [7, 11) is -5.60. The minimum absolute atomic E-state index is 0.0118. The third-order valence-electron chi connectivity index (χ3n) is 3.92. The van der Waals surface area contributed by atoms with E-state index in [1.165, 1.54) is 39.5 Å². The molecule has 2 N–H and O–H groups in total. The van der Waals surface area contributed by atoms with Crippen LogP contribution in [0.1, 0.15) is 15.9 Å². The van der Waals surface area contributed by atoms with Crippen molar-refractivity contribution in [1.82, 2.24) is 0 Å². The molecule has 0 aromatic heterocycles. The third-order valence-corrected chi connectivity index (χ3v) is 5.67. The van der Waals surface area contributed by atoms with Crippen LogP contribution in [0, 0.1) is 0 Å². The van der Waals surface area contributed by atoms with Gasteiger partial charge >= 0.3 is 0 Å². The smallest absolute Gasteiger partial charge is 0.298 e. The zero-order valence-electron chi connectivity index (χ0n) is 16.0. The van der Waals surface area contributed by atoms with Gasteiger partial charge in [-0.1, -0.05) is 12.1 Å². The van der Waals surface area contributed by atoms with Gasteiger partial charge in [0.25, 0.3) is 20.2 Å². The monoisotopic (exact) mass is 458 g/mol. The Morgan fingerprint density at radius 1 is 0.800 bits per heavy atom. The normalized spacial score (nSPS) is 12.0. The van der Waals surface area contributed by atoms with Gasteiger partial charge in [-0.3, -0.25) is 13.9 Å². The Morgan fingerprint density at radius 3 is 1.83 bits per heavy atom. The van der Waals surface area contributed by atoms with Crippen LogP contribution in [0.3, 0.4) is 0 Å². The van der Waals surface area contributed by atoms with Crippen LogP contribution < -0.4 is 14.2 Å². The molecule has 30 heavy (non-hydrogen) atoms. The van der Waals surface area contributed by atoms with Gasteiger partial charge in [0.05, 0.1) is 26.9 Å². The van der Waals surface area contributed by atoms with Gasteiger partial charge in [-0.2, -0.15) is 16.8 Å². The number of carbonyl (C=O) groups excluding carboxylic acids is 1. The van der Waals surface area contributed by atoms with E-state index in [-0.39, 0.29) is 28.4 Å². The van der Waals surface area contributed by atoms with Crippen molar-refractivity contribution in [2.24, 2.45) is 0 Å². The number of methoxy groups -OCH3 is 3. The number of carbonyl (C=O) groups is 1. The van der Waals surface area contributed by atoms with Crippen LogP contribution in [-0.2, 0) is 20.2 Å². The molecule has 12 heteroatoms. The predicted octanol–water partition coefficient (Wildman–Crippen LogP) is 2.10. The molecule has 0 saturated heterocycles. The molecule has 0 saturated carbocycles. The lowest BCUT2D eigenvalue weighted by Gasteiger charge is -2.12. The zero-order valence-corrected chi connectivity index (χ0v) is 17.7. The average Bonchev–Trinajstić information content (AvgIpc) is 2.69. The van der Waals surface area contributed by atoms with Crippen molar-refractivity contribution >= 4 is 32.1 Å². The molecule has 0 fully saturated rings. The van der Waals surface area contributed by atoms with E-state index in [9.17, 15) is 30.7 Å². The second-order valence-electron chi connectivity index (χ2n) is 5.76. The van der Waals surface area contributed by atoms with Crippen LogP contribution in [0.4, 0.5) is 0 Å². The second kappa shape index (κ2) is 8.83. The first-order valence-electron chi connectivity index (χ1n) is 8.03. The fourth-order valence-corrected chi connectivity index (χ4v) is 3.88. The summed E-state index contributed by atoms with van der Waals surface area (Å²) in [6.07, 6.45) is 2.28. The van der Waals surface area contributed by atoms with Crippen molar-refractivity contribution in [3.63, 3.8) is 0 Å². The molecule has 0 bridgehead atoms. The van der Waals surface area contributed by atoms with Crippen molar-refractivity contribution < 1.29 is 44.9 Å². The molecule has 0 amide bonds. The van der Waals surface area contributed by atoms with Crippen molar-refractivity contribution in [3.8, 4) is 17.2 Å². The summed E-state index contributed by atoms with van der Waals surface area (Å²) < 4.78 is 79.6. The average molecular weight is 458 g/mol. The first-order valence-corrected chi connectivity index (χ1v) is 10.9. The topological polar surface area (TPSA) is 154 Å². The van der Waals surface area contributed by atoms with E-state index in [0.717, 1.165) is 24.3 Å². The minimum atomic E-state index is -4.69. The summed E-state index contributed by atoms with van der Waals surface area (Å²) in [6.45, 7) is 0. The Labute approximate surface area is 173 Å². The molecule has 162 valence electrons. The maximum atomic E-state index is 12.6. The molecule has 2 aromatic rings. The molecule has 0 aliphatic carbocycles. The fourth-order valence-electron chi connectivity index (χ4n) is 2.52. The molecule has 0 heterocycles. The van der Waals surface area contributed by atoms with Gasteiger partial charge in [-0.05, 0) is 29.8 Å². The van der Waals surface area contributed by atoms with Crippen LogP contribution in [0.5, 0.6) is 17.2 Å². The van der Waals surface area contributed by atoms with Crippen LogP contribution in [0.2, 0.25) is 0 Å². The molecule has 10 nitrogen and oxygen atoms in total. The summed E-state index contributed by atoms with van der Waals surface area (Å²) in [6, 6.07) is 5.85. The van der Waals surface area contributed by atoms with Gasteiger partial charge in [0.2, 0.25) is 0 Å². The van der Waals surface area contributed by atoms with Crippen molar-refractivity contribution in [3.05, 3.63) is 47.5 Å². The zero-order chi connectivity index (χ0) is 22.7. The van der Waals surface area contributed by atoms with Crippen LogP contribution in [0.25, 0.3) is 6.08 Å². The number of rotatable bonds is 8. The SMILES string of the molecule is COc1cc(OC)c(S(=O)(=O)O)cc1C(=O)C=Cc1ccc(OC)c(S(=O)(=O)O)c1. The van der Waals surface area contributed by atoms with Gasteiger partial charge < -0.3 is 14.2 Å². The lowest BCUT2D eigenvalue weighted by Crippen LogP contribution is -2.06. The maximum absolute atomic E-state index is 12.6. The number of allylic oxidation sites excluding steroid dienone is 1. The first kappa shape index (κ1) is 23.3. The van der Waals surface area contributed by atoms with Gasteiger partial charge in [0.1, 0.15) is 27.0 Å². The first-order chi connectivity index (χ1) is 13.9. The van der Waals surface area contributed by atoms with Gasteiger partial charge in [0.15, 0.2) is 5.78 Å². The van der Waals surface area contributed by atoms with Gasteiger partial charge in [-0.15, -0.1) is 0 Å². The number of benzene rings is 2. The predicted molar refractivity (Wildman–Crippen MR) is 106 cm³/mol. The lowest BCUT2D eigenvalue weighted by molar-refractivity contribution is 0.104. The maximum Gasteiger partial charge on any atom is 0.298 e. The Morgan fingerprint density at radius 2 is 1.33 bits per heavy atom. The summed E-state index contributed by atoms with van der Waals surface area (Å²) in [5, 5.41) is 0. The summed E-state index contributed by atoms with van der Waals surface area (Å²) >= 11 is 0. The van der Waals surface area contributed by atoms with E-state index in [0.29, 0.717) is 0 Å². The highest BCUT2D eigenvalue weighted by Crippen LogP contribution is 2.33. The number of ether oxygens (including phenoxy) is 3. The van der Waals surface area contributed by atoms with E-state index in [4.69, 9.17) is 14.2 Å². The highest BCUT2D eigenvalue weighted by molar-refractivity contribution is 7.86. The Hall–Kier alpha value is -2.93. The minimum Gasteiger partial charge on any atom is -0.496 e. The highest BCUT2D eigenvalue weighted by Gasteiger charge is 2.23. The third kappa shape index (κ3) is 5.16. The molecule has 0 atom stereocenters. The highest BCUT2D eigenvalue weighted by atomic mass is 32.2. The number of hydrogen-bond donors (Lipinski definition) is 2. The van der Waals surface area contributed by atoms with Crippen molar-refractivity contribution in [2.45, 2.75) is 9.79 Å². The molecule has 0 aliphatic heterocycles. The summed E-state index contributed by atoms with van der Waals surface area (Å²) in [5.74, 6) is -1.02. The summed E-state index contributed by atoms with van der Waals surface area (Å²) in [4.78, 5) is 11.5. The molecule has 2 rings (SSSR count). The molecule has 2 aromatic carbocycles. The largest absolute Gasteiger partial charge is 0.496 e. The van der Waals surface area contributed by atoms with Crippen molar-refractivity contribution in [1.29, 1.82) is 0 Å². The molecule has 0 aliphatic rings. The van der Waals surface area contributed by atoms with E-state index in [1.54, 1.807) is 0 Å². The standard InChI is InChI=1S/C18H18O10S2/c1-26-14-7-5-11(8-17(14)29(20,21)22)4-6-13(19)12-9-18(30(23,24)25)16(28-3)10-15(12)27-2/h4-10H,1-3H3,(H,20,21,22)(H,23,24,25). The van der Waals surface area contributed by atoms with E-state index in [2.05, 4.69) is 0 Å². The fraction of sp³-hybridized carbons (Fsp3) is 0.167. The molecular weight excluding hydrogens is 440 g/mol. The van der Waals surface area contributed by atoms with Crippen LogP contribution in [0.15, 0.2) is 46.2 Å². The van der Waals surface area contributed by atoms with Crippen LogP contribution in [-0.4, -0.2) is 53.1 Å². The van der Waals surface area contributed by atoms with Gasteiger partial charge in [0, 0.05) is 6.07 Å². The number of hydrogen-bond acceptors (Lipinski definition) is 8.